The van der Waals surface area contributed by atoms with Crippen molar-refractivity contribution in [3.05, 3.63) is 41.7 Å². The Balaban J connectivity index is 1.60. The van der Waals surface area contributed by atoms with E-state index in [1.165, 1.54) is 0 Å². The van der Waals surface area contributed by atoms with Crippen LogP contribution in [0.4, 0.5) is 19.0 Å². The molecule has 3 aromatic rings. The molecule has 4 rings (SSSR count). The number of hydrogen-bond acceptors (Lipinski definition) is 8. The van der Waals surface area contributed by atoms with E-state index in [-0.39, 0.29) is 11.2 Å². The molecular formula is C21H26F3N7O2. The van der Waals surface area contributed by atoms with Crippen molar-refractivity contribution in [3.8, 4) is 0 Å². The Kier molecular flexibility index (Phi) is 7.05. The molecule has 0 amide bonds. The van der Waals surface area contributed by atoms with Gasteiger partial charge in [0.1, 0.15) is 18.2 Å². The number of fused-ring (bicyclic) bond motifs is 1. The van der Waals surface area contributed by atoms with Gasteiger partial charge in [-0.3, -0.25) is 9.88 Å². The maximum atomic E-state index is 13.1. The summed E-state index contributed by atoms with van der Waals surface area (Å²) in [5, 5.41) is 3.09. The lowest BCUT2D eigenvalue weighted by atomic mass is 10.2. The monoisotopic (exact) mass is 465 g/mol. The summed E-state index contributed by atoms with van der Waals surface area (Å²) in [6.07, 6.45) is -1.91. The van der Waals surface area contributed by atoms with Crippen LogP contribution in [0.5, 0.6) is 0 Å². The largest absolute Gasteiger partial charge is 0.406 e. The second-order valence-electron chi connectivity index (χ2n) is 7.91. The molecular weight excluding hydrogens is 439 g/mol. The maximum Gasteiger partial charge on any atom is 0.406 e. The highest BCUT2D eigenvalue weighted by Gasteiger charge is 2.31. The zero-order valence-electron chi connectivity index (χ0n) is 18.5. The lowest BCUT2D eigenvalue weighted by Gasteiger charge is -2.32. The standard InChI is InChI=1S/C21H26F3N7O2/c1-14-3-4-15(9-26-14)10-30-6-8-33-16(11-30)18-28-19(25-5-7-32-2)17-20(29-18)31(13-27-17)12-21(22,23)24/h3-4,9,13,16H,5-8,10-12H2,1-2H3,(H,25,28,29). The number of morpholine rings is 1. The average molecular weight is 465 g/mol. The molecule has 178 valence electrons. The van der Waals surface area contributed by atoms with Gasteiger partial charge in [-0.1, -0.05) is 6.07 Å². The number of pyridine rings is 1. The first kappa shape index (κ1) is 23.3. The number of methoxy groups -OCH3 is 1. The van der Waals surface area contributed by atoms with E-state index in [4.69, 9.17) is 9.47 Å². The van der Waals surface area contributed by atoms with Gasteiger partial charge in [0.2, 0.25) is 0 Å². The quantitative estimate of drug-likeness (QED) is 0.508. The molecule has 9 nitrogen and oxygen atoms in total. The van der Waals surface area contributed by atoms with Crippen molar-refractivity contribution in [1.29, 1.82) is 0 Å². The van der Waals surface area contributed by atoms with Crippen LogP contribution in [0.15, 0.2) is 24.7 Å². The molecule has 1 unspecified atom stereocenters. The van der Waals surface area contributed by atoms with E-state index in [0.29, 0.717) is 44.5 Å². The third-order valence-electron chi connectivity index (χ3n) is 5.25. The van der Waals surface area contributed by atoms with Crippen molar-refractivity contribution in [3.63, 3.8) is 0 Å². The number of hydrogen-bond donors (Lipinski definition) is 1. The van der Waals surface area contributed by atoms with Crippen LogP contribution in [0.3, 0.4) is 0 Å². The van der Waals surface area contributed by atoms with Crippen molar-refractivity contribution < 1.29 is 22.6 Å². The van der Waals surface area contributed by atoms with Gasteiger partial charge in [0.25, 0.3) is 0 Å². The SMILES string of the molecule is COCCNc1nc(C2CN(Cc3ccc(C)nc3)CCO2)nc2c1ncn2CC(F)(F)F. The molecule has 1 N–H and O–H groups in total. The number of nitrogens with zero attached hydrogens (tertiary/aromatic N) is 6. The molecule has 0 radical (unpaired) electrons. The first-order valence-electron chi connectivity index (χ1n) is 10.6. The van der Waals surface area contributed by atoms with Gasteiger partial charge in [-0.15, -0.1) is 0 Å². The third kappa shape index (κ3) is 5.95. The van der Waals surface area contributed by atoms with E-state index in [2.05, 4.69) is 30.2 Å². The predicted molar refractivity (Wildman–Crippen MR) is 115 cm³/mol. The highest BCUT2D eigenvalue weighted by molar-refractivity contribution is 5.83. The molecule has 1 aliphatic rings. The Labute approximate surface area is 189 Å². The molecule has 4 heterocycles. The van der Waals surface area contributed by atoms with Crippen LogP contribution < -0.4 is 5.32 Å². The normalized spacial score (nSPS) is 17.5. The molecule has 1 atom stereocenters. The van der Waals surface area contributed by atoms with Crippen molar-refractivity contribution in [2.24, 2.45) is 0 Å². The minimum Gasteiger partial charge on any atom is -0.383 e. The van der Waals surface area contributed by atoms with E-state index >= 15 is 0 Å². The molecule has 1 saturated heterocycles. The van der Waals surface area contributed by atoms with Crippen molar-refractivity contribution >= 4 is 17.0 Å². The second-order valence-corrected chi connectivity index (χ2v) is 7.91. The van der Waals surface area contributed by atoms with E-state index in [0.717, 1.165) is 28.7 Å². The number of nitrogens with one attached hydrogen (secondary N) is 1. The molecule has 1 fully saturated rings. The molecule has 0 spiro atoms. The van der Waals surface area contributed by atoms with Crippen LogP contribution in [0.25, 0.3) is 11.2 Å². The van der Waals surface area contributed by atoms with Gasteiger partial charge >= 0.3 is 6.18 Å². The Hall–Kier alpha value is -2.83. The number of aryl methyl sites for hydroxylation is 1. The fourth-order valence-corrected chi connectivity index (χ4v) is 3.66. The van der Waals surface area contributed by atoms with Crippen molar-refractivity contribution in [2.75, 3.05) is 45.3 Å². The number of imidazole rings is 1. The summed E-state index contributed by atoms with van der Waals surface area (Å²) in [4.78, 5) is 19.6. The lowest BCUT2D eigenvalue weighted by molar-refractivity contribution is -0.140. The number of alkyl halides is 3. The zero-order valence-corrected chi connectivity index (χ0v) is 18.5. The Morgan fingerprint density at radius 3 is 2.82 bits per heavy atom. The number of aromatic nitrogens is 5. The first-order chi connectivity index (χ1) is 15.8. The number of anilines is 1. The van der Waals surface area contributed by atoms with Crippen LogP contribution in [0, 0.1) is 6.92 Å². The molecule has 33 heavy (non-hydrogen) atoms. The smallest absolute Gasteiger partial charge is 0.383 e. The fourth-order valence-electron chi connectivity index (χ4n) is 3.66. The zero-order chi connectivity index (χ0) is 23.4. The summed E-state index contributed by atoms with van der Waals surface area (Å²) >= 11 is 0. The predicted octanol–water partition coefficient (Wildman–Crippen LogP) is 2.72. The molecule has 3 aromatic heterocycles. The molecule has 0 aromatic carbocycles. The second kappa shape index (κ2) is 9.98. The summed E-state index contributed by atoms with van der Waals surface area (Å²) in [6, 6.07) is 3.99. The van der Waals surface area contributed by atoms with E-state index in [1.807, 2.05) is 25.3 Å². The van der Waals surface area contributed by atoms with Crippen molar-refractivity contribution in [2.45, 2.75) is 32.3 Å². The summed E-state index contributed by atoms with van der Waals surface area (Å²) in [6.45, 7) is 3.94. The molecule has 1 aliphatic heterocycles. The minimum atomic E-state index is -4.40. The van der Waals surface area contributed by atoms with E-state index < -0.39 is 18.8 Å². The maximum absolute atomic E-state index is 13.1. The Bertz CT molecular complexity index is 1070. The van der Waals surface area contributed by atoms with Gasteiger partial charge in [0.05, 0.1) is 19.5 Å². The van der Waals surface area contributed by atoms with Crippen molar-refractivity contribution in [1.82, 2.24) is 29.4 Å². The van der Waals surface area contributed by atoms with E-state index in [1.54, 1.807) is 7.11 Å². The Morgan fingerprint density at radius 2 is 2.09 bits per heavy atom. The van der Waals surface area contributed by atoms with Gasteiger partial charge in [-0.25, -0.2) is 15.0 Å². The fraction of sp³-hybridized carbons (Fsp3) is 0.524. The van der Waals surface area contributed by atoms with Crippen LogP contribution in [-0.4, -0.2) is 75.5 Å². The van der Waals surface area contributed by atoms with Crippen LogP contribution in [-0.2, 0) is 22.6 Å². The summed E-state index contributed by atoms with van der Waals surface area (Å²) in [5.74, 6) is 0.675. The third-order valence-corrected chi connectivity index (χ3v) is 5.25. The van der Waals surface area contributed by atoms with Gasteiger partial charge in [-0.05, 0) is 18.6 Å². The summed E-state index contributed by atoms with van der Waals surface area (Å²) in [7, 11) is 1.56. The molecule has 0 bridgehead atoms. The van der Waals surface area contributed by atoms with Crippen LogP contribution in [0.2, 0.25) is 0 Å². The summed E-state index contributed by atoms with van der Waals surface area (Å²) < 4.78 is 51.2. The molecule has 12 heteroatoms. The highest BCUT2D eigenvalue weighted by Crippen LogP contribution is 2.27. The first-order valence-corrected chi connectivity index (χ1v) is 10.6. The summed E-state index contributed by atoms with van der Waals surface area (Å²) in [5.41, 5.74) is 2.41. The van der Waals surface area contributed by atoms with Gasteiger partial charge in [0, 0.05) is 45.2 Å². The topological polar surface area (TPSA) is 90.2 Å². The van der Waals surface area contributed by atoms with Gasteiger partial charge < -0.3 is 19.4 Å². The van der Waals surface area contributed by atoms with Gasteiger partial charge in [-0.2, -0.15) is 13.2 Å². The highest BCUT2D eigenvalue weighted by atomic mass is 19.4. The van der Waals surface area contributed by atoms with Gasteiger partial charge in [0.15, 0.2) is 17.3 Å². The van der Waals surface area contributed by atoms with E-state index in [9.17, 15) is 13.2 Å². The lowest BCUT2D eigenvalue weighted by Crippen LogP contribution is -2.38. The average Bonchev–Trinajstić information content (AvgIpc) is 3.17. The Morgan fingerprint density at radius 1 is 1.24 bits per heavy atom. The van der Waals surface area contributed by atoms with Crippen LogP contribution in [0.1, 0.15) is 23.2 Å². The molecule has 0 aliphatic carbocycles. The number of halogens is 3. The number of rotatable bonds is 8. The van der Waals surface area contributed by atoms with Crippen LogP contribution >= 0.6 is 0 Å². The molecule has 0 saturated carbocycles. The minimum absolute atomic E-state index is 0.112. The number of ether oxygens (including phenoxy) is 2.